The van der Waals surface area contributed by atoms with Crippen LogP contribution >= 0.6 is 11.3 Å². The average molecular weight is 332 g/mol. The Balaban J connectivity index is 1.72. The number of anilines is 1. The van der Waals surface area contributed by atoms with Crippen molar-refractivity contribution in [1.29, 1.82) is 0 Å². The summed E-state index contributed by atoms with van der Waals surface area (Å²) < 4.78 is 5.52. The molecule has 2 N–H and O–H groups in total. The molecule has 0 aliphatic carbocycles. The predicted molar refractivity (Wildman–Crippen MR) is 81.9 cm³/mol. The van der Waals surface area contributed by atoms with E-state index in [2.05, 4.69) is 15.5 Å². The molecule has 2 heterocycles. The molecule has 1 aliphatic rings. The van der Waals surface area contributed by atoms with Crippen LogP contribution in [-0.4, -0.2) is 45.2 Å². The van der Waals surface area contributed by atoms with Crippen LogP contribution in [0.4, 0.5) is 5.69 Å². The summed E-state index contributed by atoms with van der Waals surface area (Å²) in [5, 5.41) is 19.6. The molecule has 9 heteroatoms. The van der Waals surface area contributed by atoms with Gasteiger partial charge in [-0.1, -0.05) is 22.5 Å². The molecule has 3 rings (SSSR count). The molecule has 1 aromatic carbocycles. The second kappa shape index (κ2) is 6.55. The third-order valence-corrected chi connectivity index (χ3v) is 3.56. The van der Waals surface area contributed by atoms with E-state index in [0.29, 0.717) is 16.6 Å². The van der Waals surface area contributed by atoms with Gasteiger partial charge in [-0.2, -0.15) is 0 Å². The lowest BCUT2D eigenvalue weighted by Gasteiger charge is -2.13. The first-order chi connectivity index (χ1) is 11.2. The molecule has 0 radical (unpaired) electrons. The quantitative estimate of drug-likeness (QED) is 0.760. The number of nitrogens with zero attached hydrogens (tertiary/aromatic N) is 3. The second-order valence-corrected chi connectivity index (χ2v) is 5.33. The Morgan fingerprint density at radius 3 is 2.96 bits per heavy atom. The molecule has 8 nitrogen and oxygen atoms in total. The molecule has 0 atom stereocenters. The normalized spacial score (nSPS) is 14.1. The van der Waals surface area contributed by atoms with Gasteiger partial charge < -0.3 is 15.2 Å². The Kier molecular flexibility index (Phi) is 4.31. The number of nitrogens with one attached hydrogen (secondary N) is 1. The molecule has 0 unspecified atom stereocenters. The lowest BCUT2D eigenvalue weighted by atomic mass is 10.3. The molecule has 0 bridgehead atoms. The van der Waals surface area contributed by atoms with Crippen molar-refractivity contribution in [3.63, 3.8) is 0 Å². The summed E-state index contributed by atoms with van der Waals surface area (Å²) in [6, 6.07) is 6.89. The monoisotopic (exact) mass is 332 g/mol. The average Bonchev–Trinajstić information content (AvgIpc) is 3.12. The molecule has 0 fully saturated rings. The number of aliphatic hydroxyl groups excluding tert-OH is 1. The van der Waals surface area contributed by atoms with E-state index in [1.165, 1.54) is 17.4 Å². The summed E-state index contributed by atoms with van der Waals surface area (Å²) in [7, 11) is 0. The fourth-order valence-corrected chi connectivity index (χ4v) is 2.43. The third-order valence-electron chi connectivity index (χ3n) is 2.99. The molecule has 0 saturated heterocycles. The molecule has 118 valence electrons. The van der Waals surface area contributed by atoms with E-state index in [9.17, 15) is 9.59 Å². The fraction of sp³-hybridized carbons (Fsp3) is 0.143. The second-order valence-electron chi connectivity index (χ2n) is 4.54. The van der Waals surface area contributed by atoms with Gasteiger partial charge in [0.15, 0.2) is 0 Å². The maximum absolute atomic E-state index is 12.1. The molecule has 1 aliphatic heterocycles. The summed E-state index contributed by atoms with van der Waals surface area (Å²) in [5.41, 5.74) is 2.29. The molecule has 2 amide bonds. The van der Waals surface area contributed by atoms with Crippen molar-refractivity contribution < 1.29 is 19.4 Å². The number of β-amino-alcohol motifs (C(OH)–C–C–N with tert-alkyl or cyclic N) is 1. The minimum absolute atomic E-state index is 0.0282. The zero-order valence-corrected chi connectivity index (χ0v) is 12.6. The van der Waals surface area contributed by atoms with E-state index in [1.54, 1.807) is 29.8 Å². The van der Waals surface area contributed by atoms with Crippen molar-refractivity contribution in [2.45, 2.75) is 0 Å². The van der Waals surface area contributed by atoms with E-state index >= 15 is 0 Å². The van der Waals surface area contributed by atoms with Gasteiger partial charge in [-0.25, -0.2) is 0 Å². The Bertz CT molecular complexity index is 760. The van der Waals surface area contributed by atoms with Crippen LogP contribution in [-0.2, 0) is 9.59 Å². The number of aromatic nitrogens is 2. The Morgan fingerprint density at radius 2 is 2.22 bits per heavy atom. The van der Waals surface area contributed by atoms with Gasteiger partial charge in [0.1, 0.15) is 17.0 Å². The van der Waals surface area contributed by atoms with Crippen LogP contribution in [0, 0.1) is 0 Å². The highest BCUT2D eigenvalue weighted by atomic mass is 32.1. The Hall–Kier alpha value is -2.78. The third kappa shape index (κ3) is 3.35. The van der Waals surface area contributed by atoms with Crippen LogP contribution < -0.4 is 10.1 Å². The maximum atomic E-state index is 12.1. The van der Waals surface area contributed by atoms with E-state index in [-0.39, 0.29) is 18.8 Å². The number of hydrogen-bond donors (Lipinski definition) is 2. The highest BCUT2D eigenvalue weighted by molar-refractivity contribution is 7.11. The number of amides is 2. The van der Waals surface area contributed by atoms with Gasteiger partial charge in [0, 0.05) is 17.8 Å². The highest BCUT2D eigenvalue weighted by Crippen LogP contribution is 2.26. The summed E-state index contributed by atoms with van der Waals surface area (Å²) in [4.78, 5) is 24.7. The summed E-state index contributed by atoms with van der Waals surface area (Å²) in [6.07, 6.45) is 1.20. The molecular formula is C14H12N4O4S. The van der Waals surface area contributed by atoms with Crippen LogP contribution in [0.5, 0.6) is 10.9 Å². The zero-order valence-electron chi connectivity index (χ0n) is 11.8. The van der Waals surface area contributed by atoms with Gasteiger partial charge in [0.2, 0.25) is 0 Å². The Labute approximate surface area is 135 Å². The minimum Gasteiger partial charge on any atom is -0.430 e. The van der Waals surface area contributed by atoms with Gasteiger partial charge in [-0.3, -0.25) is 14.5 Å². The number of aliphatic hydroxyl groups is 1. The molecular weight excluding hydrogens is 320 g/mol. The lowest BCUT2D eigenvalue weighted by Crippen LogP contribution is -2.34. The zero-order chi connectivity index (χ0) is 16.2. The first-order valence-electron chi connectivity index (χ1n) is 6.67. The van der Waals surface area contributed by atoms with Crippen LogP contribution in [0.15, 0.2) is 41.5 Å². The van der Waals surface area contributed by atoms with E-state index in [4.69, 9.17) is 9.84 Å². The van der Waals surface area contributed by atoms with E-state index < -0.39 is 11.8 Å². The predicted octanol–water partition coefficient (Wildman–Crippen LogP) is 0.987. The summed E-state index contributed by atoms with van der Waals surface area (Å²) in [5.74, 6) is -0.399. The smallest absolute Gasteiger partial charge is 0.299 e. The first kappa shape index (κ1) is 15.1. The number of carbonyl (C=O) groups excluding carboxylic acids is 2. The number of benzene rings is 1. The van der Waals surface area contributed by atoms with Gasteiger partial charge in [0.25, 0.3) is 17.0 Å². The fourth-order valence-electron chi connectivity index (χ4n) is 2.01. The topological polar surface area (TPSA) is 105 Å². The van der Waals surface area contributed by atoms with Crippen molar-refractivity contribution in [1.82, 2.24) is 15.1 Å². The van der Waals surface area contributed by atoms with Crippen LogP contribution in [0.25, 0.3) is 0 Å². The van der Waals surface area contributed by atoms with Gasteiger partial charge in [-0.05, 0) is 12.1 Å². The SMILES string of the molecule is O=C1C=C(Nc2cccc(Oc3nncs3)c2)C(=O)N1CCO. The first-order valence-corrected chi connectivity index (χ1v) is 7.55. The van der Waals surface area contributed by atoms with Crippen LogP contribution in [0.2, 0.25) is 0 Å². The van der Waals surface area contributed by atoms with Gasteiger partial charge in [-0.15, -0.1) is 5.10 Å². The van der Waals surface area contributed by atoms with Crippen molar-refractivity contribution in [2.24, 2.45) is 0 Å². The molecule has 23 heavy (non-hydrogen) atoms. The molecule has 1 aromatic heterocycles. The molecule has 2 aromatic rings. The number of rotatable bonds is 6. The Morgan fingerprint density at radius 1 is 1.35 bits per heavy atom. The standard InChI is InChI=1S/C14H12N4O4S/c19-5-4-18-12(20)7-11(13(18)21)16-9-2-1-3-10(6-9)22-14-17-15-8-23-14/h1-3,6-8,16,19H,4-5H2. The number of imide groups is 1. The molecule has 0 saturated carbocycles. The van der Waals surface area contributed by atoms with Crippen molar-refractivity contribution in [2.75, 3.05) is 18.5 Å². The summed E-state index contributed by atoms with van der Waals surface area (Å²) in [6.45, 7) is -0.302. The summed E-state index contributed by atoms with van der Waals surface area (Å²) >= 11 is 1.26. The van der Waals surface area contributed by atoms with E-state index in [0.717, 1.165) is 4.90 Å². The van der Waals surface area contributed by atoms with Gasteiger partial charge in [0.05, 0.1) is 13.2 Å². The van der Waals surface area contributed by atoms with Crippen LogP contribution in [0.3, 0.4) is 0 Å². The number of ether oxygens (including phenoxy) is 1. The highest BCUT2D eigenvalue weighted by Gasteiger charge is 2.30. The van der Waals surface area contributed by atoms with Crippen LogP contribution in [0.1, 0.15) is 0 Å². The maximum Gasteiger partial charge on any atom is 0.299 e. The number of hydrogen-bond acceptors (Lipinski definition) is 8. The van der Waals surface area contributed by atoms with Crippen molar-refractivity contribution >= 4 is 28.8 Å². The van der Waals surface area contributed by atoms with Gasteiger partial charge >= 0.3 is 0 Å². The van der Waals surface area contributed by atoms with E-state index in [1.807, 2.05) is 0 Å². The lowest BCUT2D eigenvalue weighted by molar-refractivity contribution is -0.137. The molecule has 0 spiro atoms. The van der Waals surface area contributed by atoms with Crippen molar-refractivity contribution in [3.05, 3.63) is 41.5 Å². The number of carbonyl (C=O) groups is 2. The minimum atomic E-state index is -0.473. The largest absolute Gasteiger partial charge is 0.430 e. The van der Waals surface area contributed by atoms with Crippen molar-refractivity contribution in [3.8, 4) is 10.9 Å².